The Labute approximate surface area is 161 Å². The molecule has 0 aromatic heterocycles. The molecule has 2 aromatic carbocycles. The molecular formula is C22H29N3O2. The minimum atomic E-state index is 0.0994. The van der Waals surface area contributed by atoms with Crippen molar-refractivity contribution in [2.45, 2.75) is 19.3 Å². The Bertz CT molecular complexity index is 795. The molecule has 0 spiro atoms. The molecule has 1 aliphatic heterocycles. The lowest BCUT2D eigenvalue weighted by molar-refractivity contribution is 0.0981. The molecule has 1 fully saturated rings. The highest BCUT2D eigenvalue weighted by Gasteiger charge is 2.23. The van der Waals surface area contributed by atoms with Gasteiger partial charge in [0, 0.05) is 45.7 Å². The molecule has 3 rings (SSSR count). The Kier molecular flexibility index (Phi) is 6.45. The van der Waals surface area contributed by atoms with E-state index in [0.29, 0.717) is 18.9 Å². The number of hydrogen-bond acceptors (Lipinski definition) is 3. The van der Waals surface area contributed by atoms with E-state index in [4.69, 9.17) is 0 Å². The van der Waals surface area contributed by atoms with Crippen LogP contribution in [0.3, 0.4) is 0 Å². The first kappa shape index (κ1) is 19.4. The lowest BCUT2D eigenvalue weighted by Gasteiger charge is -2.33. The quantitative estimate of drug-likeness (QED) is 0.629. The zero-order valence-electron chi connectivity index (χ0n) is 16.3. The number of ketones is 1. The van der Waals surface area contributed by atoms with E-state index in [2.05, 4.69) is 11.4 Å². The minimum Gasteiger partial charge on any atom is -0.331 e. The average molecular weight is 367 g/mol. The van der Waals surface area contributed by atoms with E-state index in [-0.39, 0.29) is 11.8 Å². The van der Waals surface area contributed by atoms with Crippen LogP contribution in [-0.4, -0.2) is 61.9 Å². The first-order chi connectivity index (χ1) is 13.0. The molecule has 0 atom stereocenters. The summed E-state index contributed by atoms with van der Waals surface area (Å²) in [6.45, 7) is 3.25. The van der Waals surface area contributed by atoms with Gasteiger partial charge in [0.1, 0.15) is 0 Å². The van der Waals surface area contributed by atoms with Gasteiger partial charge in [0.15, 0.2) is 5.78 Å². The summed E-state index contributed by atoms with van der Waals surface area (Å²) in [6.07, 6.45) is 2.55. The summed E-state index contributed by atoms with van der Waals surface area (Å²) < 4.78 is 0. The number of benzene rings is 2. The Morgan fingerprint density at radius 2 is 1.78 bits per heavy atom. The molecule has 2 amide bonds. The van der Waals surface area contributed by atoms with Gasteiger partial charge in [-0.1, -0.05) is 36.4 Å². The highest BCUT2D eigenvalue weighted by Crippen LogP contribution is 2.18. The molecule has 1 aliphatic rings. The van der Waals surface area contributed by atoms with Crippen molar-refractivity contribution >= 4 is 22.6 Å². The topological polar surface area (TPSA) is 52.7 Å². The predicted molar refractivity (Wildman–Crippen MR) is 109 cm³/mol. The van der Waals surface area contributed by atoms with Crippen molar-refractivity contribution in [3.05, 3.63) is 48.0 Å². The van der Waals surface area contributed by atoms with Crippen LogP contribution in [0.15, 0.2) is 42.5 Å². The fourth-order valence-corrected chi connectivity index (χ4v) is 3.63. The van der Waals surface area contributed by atoms with Gasteiger partial charge in [-0.25, -0.2) is 4.79 Å². The number of carbonyl (C=O) groups is 2. The van der Waals surface area contributed by atoms with Crippen molar-refractivity contribution in [1.82, 2.24) is 15.1 Å². The summed E-state index contributed by atoms with van der Waals surface area (Å²) in [4.78, 5) is 27.9. The number of rotatable bonds is 6. The molecule has 5 nitrogen and oxygen atoms in total. The van der Waals surface area contributed by atoms with Crippen molar-refractivity contribution in [2.75, 3.05) is 40.3 Å². The van der Waals surface area contributed by atoms with Gasteiger partial charge in [0.25, 0.3) is 0 Å². The van der Waals surface area contributed by atoms with Crippen LogP contribution in [0.2, 0.25) is 0 Å². The summed E-state index contributed by atoms with van der Waals surface area (Å²) in [7, 11) is 3.59. The zero-order valence-corrected chi connectivity index (χ0v) is 16.3. The smallest absolute Gasteiger partial charge is 0.319 e. The van der Waals surface area contributed by atoms with Crippen LogP contribution in [0.5, 0.6) is 0 Å². The standard InChI is InChI=1S/C22H29N3O2/c1-24(2)22(27)25-13-10-17(11-14-25)16-23-12-9-21(26)20-8-7-18-5-3-4-6-19(18)15-20/h3-8,15,17,23H,9-14,16H2,1-2H3. The molecule has 0 bridgehead atoms. The summed E-state index contributed by atoms with van der Waals surface area (Å²) in [6, 6.07) is 14.1. The van der Waals surface area contributed by atoms with Crippen LogP contribution < -0.4 is 5.32 Å². The molecule has 1 saturated heterocycles. The Morgan fingerprint density at radius 1 is 1.07 bits per heavy atom. The maximum atomic E-state index is 12.4. The van der Waals surface area contributed by atoms with Crippen molar-refractivity contribution in [1.29, 1.82) is 0 Å². The van der Waals surface area contributed by atoms with Crippen LogP contribution in [0, 0.1) is 5.92 Å². The third kappa shape index (κ3) is 5.07. The van der Waals surface area contributed by atoms with E-state index >= 15 is 0 Å². The Hall–Kier alpha value is -2.40. The van der Waals surface area contributed by atoms with E-state index in [1.807, 2.05) is 41.3 Å². The maximum absolute atomic E-state index is 12.4. The van der Waals surface area contributed by atoms with E-state index in [1.165, 1.54) is 0 Å². The van der Waals surface area contributed by atoms with E-state index in [1.54, 1.807) is 19.0 Å². The first-order valence-electron chi connectivity index (χ1n) is 9.73. The Morgan fingerprint density at radius 3 is 2.48 bits per heavy atom. The minimum absolute atomic E-state index is 0.0994. The number of hydrogen-bond donors (Lipinski definition) is 1. The number of carbonyl (C=O) groups excluding carboxylic acids is 2. The second kappa shape index (κ2) is 9.00. The molecule has 1 N–H and O–H groups in total. The second-order valence-electron chi connectivity index (χ2n) is 7.55. The number of Topliss-reactive ketones (excluding diaryl/α,β-unsaturated/α-hetero) is 1. The number of likely N-dealkylation sites (tertiary alicyclic amines) is 1. The Balaban J connectivity index is 1.39. The van der Waals surface area contributed by atoms with Crippen LogP contribution in [0.4, 0.5) is 4.79 Å². The largest absolute Gasteiger partial charge is 0.331 e. The van der Waals surface area contributed by atoms with Crippen molar-refractivity contribution in [3.8, 4) is 0 Å². The van der Waals surface area contributed by atoms with Crippen LogP contribution in [0.1, 0.15) is 29.6 Å². The lowest BCUT2D eigenvalue weighted by Crippen LogP contribution is -2.45. The summed E-state index contributed by atoms with van der Waals surface area (Å²) in [5, 5.41) is 5.69. The molecule has 27 heavy (non-hydrogen) atoms. The van der Waals surface area contributed by atoms with Gasteiger partial charge in [0.05, 0.1) is 0 Å². The normalized spacial score (nSPS) is 15.1. The molecule has 0 radical (unpaired) electrons. The fourth-order valence-electron chi connectivity index (χ4n) is 3.63. The van der Waals surface area contributed by atoms with Gasteiger partial charge in [-0.2, -0.15) is 0 Å². The van der Waals surface area contributed by atoms with Gasteiger partial charge in [-0.05, 0) is 42.1 Å². The van der Waals surface area contributed by atoms with Crippen molar-refractivity contribution in [3.63, 3.8) is 0 Å². The monoisotopic (exact) mass is 367 g/mol. The van der Waals surface area contributed by atoms with E-state index in [0.717, 1.165) is 48.8 Å². The van der Waals surface area contributed by atoms with Gasteiger partial charge in [0.2, 0.25) is 0 Å². The number of amides is 2. The molecule has 5 heteroatoms. The summed E-state index contributed by atoms with van der Waals surface area (Å²) >= 11 is 0. The SMILES string of the molecule is CN(C)C(=O)N1CCC(CNCCC(=O)c2ccc3ccccc3c2)CC1. The predicted octanol–water partition coefficient (Wildman–Crippen LogP) is 3.40. The molecule has 144 valence electrons. The number of nitrogens with one attached hydrogen (secondary N) is 1. The van der Waals surface area contributed by atoms with Gasteiger partial charge in [-0.3, -0.25) is 4.79 Å². The first-order valence-corrected chi connectivity index (χ1v) is 9.73. The molecular weight excluding hydrogens is 338 g/mol. The van der Waals surface area contributed by atoms with E-state index < -0.39 is 0 Å². The fraction of sp³-hybridized carbons (Fsp3) is 0.455. The summed E-state index contributed by atoms with van der Waals surface area (Å²) in [5.74, 6) is 0.756. The zero-order chi connectivity index (χ0) is 19.2. The third-order valence-corrected chi connectivity index (χ3v) is 5.30. The second-order valence-corrected chi connectivity index (χ2v) is 7.55. The molecule has 2 aromatic rings. The van der Waals surface area contributed by atoms with Gasteiger partial charge >= 0.3 is 6.03 Å². The molecule has 0 unspecified atom stereocenters. The lowest BCUT2D eigenvalue weighted by atomic mass is 9.97. The van der Waals surface area contributed by atoms with Gasteiger partial charge < -0.3 is 15.1 Å². The van der Waals surface area contributed by atoms with Crippen molar-refractivity contribution in [2.24, 2.45) is 5.92 Å². The average Bonchev–Trinajstić information content (AvgIpc) is 2.70. The summed E-state index contributed by atoms with van der Waals surface area (Å²) in [5.41, 5.74) is 0.783. The molecule has 0 aliphatic carbocycles. The van der Waals surface area contributed by atoms with Crippen LogP contribution >= 0.6 is 0 Å². The van der Waals surface area contributed by atoms with Crippen LogP contribution in [0.25, 0.3) is 10.8 Å². The number of piperidine rings is 1. The van der Waals surface area contributed by atoms with E-state index in [9.17, 15) is 9.59 Å². The molecule has 1 heterocycles. The number of urea groups is 1. The number of nitrogens with zero attached hydrogens (tertiary/aromatic N) is 2. The van der Waals surface area contributed by atoms with Gasteiger partial charge in [-0.15, -0.1) is 0 Å². The van der Waals surface area contributed by atoms with Crippen molar-refractivity contribution < 1.29 is 9.59 Å². The highest BCUT2D eigenvalue weighted by atomic mass is 16.2. The van der Waals surface area contributed by atoms with Crippen LogP contribution in [-0.2, 0) is 0 Å². The molecule has 0 saturated carbocycles. The third-order valence-electron chi connectivity index (χ3n) is 5.30. The number of fused-ring (bicyclic) bond motifs is 1. The maximum Gasteiger partial charge on any atom is 0.319 e. The highest BCUT2D eigenvalue weighted by molar-refractivity contribution is 6.00.